The molecule has 0 bridgehead atoms. The quantitative estimate of drug-likeness (QED) is 0.634. The van der Waals surface area contributed by atoms with Gasteiger partial charge in [0, 0.05) is 37.8 Å². The number of alkyl halides is 2. The molecule has 2 aliphatic rings. The lowest BCUT2D eigenvalue weighted by Crippen LogP contribution is -2.50. The highest BCUT2D eigenvalue weighted by Crippen LogP contribution is 2.41. The van der Waals surface area contributed by atoms with E-state index in [1.165, 1.54) is 43.5 Å². The standard InChI is InChI=1S/C23H24F2N4O6/c1-22(2,32)15-13-16(26-27-20(15)33-3)21(31)29-10-8-28(9-11-29)19(30)7-5-14-4-6-17-18(12-14)35-23(24,25)34-17/h4-7,12-13,32H,8-11H2,1-3H3/b7-5+. The lowest BCUT2D eigenvalue weighted by Gasteiger charge is -2.34. The van der Waals surface area contributed by atoms with E-state index in [1.807, 2.05) is 0 Å². The number of rotatable bonds is 5. The number of aliphatic hydroxyl groups is 1. The average molecular weight is 490 g/mol. The van der Waals surface area contributed by atoms with Crippen molar-refractivity contribution in [3.8, 4) is 17.4 Å². The summed E-state index contributed by atoms with van der Waals surface area (Å²) in [5, 5.41) is 18.2. The highest BCUT2D eigenvalue weighted by Gasteiger charge is 2.43. The molecule has 0 radical (unpaired) electrons. The van der Waals surface area contributed by atoms with Crippen molar-refractivity contribution in [1.29, 1.82) is 0 Å². The van der Waals surface area contributed by atoms with Crippen LogP contribution >= 0.6 is 0 Å². The van der Waals surface area contributed by atoms with Crippen LogP contribution in [0.2, 0.25) is 0 Å². The molecule has 10 nitrogen and oxygen atoms in total. The summed E-state index contributed by atoms with van der Waals surface area (Å²) in [7, 11) is 1.40. The molecule has 35 heavy (non-hydrogen) atoms. The largest absolute Gasteiger partial charge is 0.586 e. The molecular formula is C23H24F2N4O6. The van der Waals surface area contributed by atoms with Crippen LogP contribution in [0.5, 0.6) is 17.4 Å². The number of nitrogens with zero attached hydrogens (tertiary/aromatic N) is 4. The summed E-state index contributed by atoms with van der Waals surface area (Å²) in [4.78, 5) is 28.6. The molecule has 1 aromatic carbocycles. The van der Waals surface area contributed by atoms with E-state index in [2.05, 4.69) is 19.7 Å². The number of hydrogen-bond donors (Lipinski definition) is 1. The number of piperazine rings is 1. The van der Waals surface area contributed by atoms with Crippen LogP contribution in [0.4, 0.5) is 8.78 Å². The molecule has 1 N–H and O–H groups in total. The summed E-state index contributed by atoms with van der Waals surface area (Å²) in [6.07, 6.45) is -0.881. The molecule has 1 saturated heterocycles. The van der Waals surface area contributed by atoms with E-state index < -0.39 is 11.9 Å². The van der Waals surface area contributed by atoms with Crippen molar-refractivity contribution in [3.63, 3.8) is 0 Å². The normalized spacial score (nSPS) is 17.1. The van der Waals surface area contributed by atoms with E-state index in [1.54, 1.807) is 23.6 Å². The molecule has 0 unspecified atom stereocenters. The fraction of sp³-hybridized carbons (Fsp3) is 0.391. The van der Waals surface area contributed by atoms with Gasteiger partial charge in [-0.25, -0.2) is 0 Å². The number of aromatic nitrogens is 2. The Kier molecular flexibility index (Phi) is 6.32. The smallest absolute Gasteiger partial charge is 0.480 e. The number of hydrogen-bond acceptors (Lipinski definition) is 8. The second-order valence-electron chi connectivity index (χ2n) is 8.54. The lowest BCUT2D eigenvalue weighted by molar-refractivity contribution is -0.286. The maximum absolute atomic E-state index is 13.2. The zero-order valence-electron chi connectivity index (χ0n) is 19.3. The van der Waals surface area contributed by atoms with Gasteiger partial charge in [0.15, 0.2) is 17.2 Å². The number of carbonyl (C=O) groups excluding carboxylic acids is 2. The highest BCUT2D eigenvalue weighted by atomic mass is 19.3. The molecule has 0 atom stereocenters. The summed E-state index contributed by atoms with van der Waals surface area (Å²) >= 11 is 0. The third-order valence-electron chi connectivity index (χ3n) is 5.55. The fourth-order valence-corrected chi connectivity index (χ4v) is 3.71. The van der Waals surface area contributed by atoms with E-state index >= 15 is 0 Å². The van der Waals surface area contributed by atoms with Gasteiger partial charge in [-0.05, 0) is 43.7 Å². The van der Waals surface area contributed by atoms with Crippen LogP contribution in [0.3, 0.4) is 0 Å². The van der Waals surface area contributed by atoms with Gasteiger partial charge in [0.25, 0.3) is 5.91 Å². The predicted octanol–water partition coefficient (Wildman–Crippen LogP) is 2.03. The van der Waals surface area contributed by atoms with Crippen molar-refractivity contribution in [2.75, 3.05) is 33.3 Å². The Labute approximate surface area is 199 Å². The number of carbonyl (C=O) groups is 2. The van der Waals surface area contributed by atoms with Gasteiger partial charge in [-0.3, -0.25) is 9.59 Å². The van der Waals surface area contributed by atoms with Crippen molar-refractivity contribution >= 4 is 17.9 Å². The molecule has 1 aromatic heterocycles. The average Bonchev–Trinajstić information content (AvgIpc) is 3.14. The van der Waals surface area contributed by atoms with Crippen LogP contribution in [0.1, 0.15) is 35.5 Å². The number of ether oxygens (including phenoxy) is 3. The van der Waals surface area contributed by atoms with E-state index in [0.29, 0.717) is 24.2 Å². The van der Waals surface area contributed by atoms with Crippen molar-refractivity contribution < 1.29 is 37.7 Å². The third kappa shape index (κ3) is 5.32. The fourth-order valence-electron chi connectivity index (χ4n) is 3.71. The lowest BCUT2D eigenvalue weighted by atomic mass is 9.99. The van der Waals surface area contributed by atoms with Gasteiger partial charge in [0.05, 0.1) is 12.7 Å². The van der Waals surface area contributed by atoms with E-state index in [-0.39, 0.29) is 48.0 Å². The van der Waals surface area contributed by atoms with Gasteiger partial charge in [0.2, 0.25) is 11.8 Å². The van der Waals surface area contributed by atoms with Crippen LogP contribution < -0.4 is 14.2 Å². The van der Waals surface area contributed by atoms with Crippen molar-refractivity contribution in [1.82, 2.24) is 20.0 Å². The van der Waals surface area contributed by atoms with Gasteiger partial charge >= 0.3 is 6.29 Å². The number of amides is 2. The third-order valence-corrected chi connectivity index (χ3v) is 5.55. The minimum absolute atomic E-state index is 0.0657. The van der Waals surface area contributed by atoms with Crippen LogP contribution in [-0.2, 0) is 10.4 Å². The van der Waals surface area contributed by atoms with Crippen LogP contribution in [0.25, 0.3) is 6.08 Å². The first-order valence-electron chi connectivity index (χ1n) is 10.8. The molecule has 0 saturated carbocycles. The van der Waals surface area contributed by atoms with Crippen LogP contribution in [0.15, 0.2) is 30.3 Å². The second kappa shape index (κ2) is 9.10. The van der Waals surface area contributed by atoms with Crippen molar-refractivity contribution in [2.45, 2.75) is 25.7 Å². The minimum Gasteiger partial charge on any atom is -0.480 e. The zero-order chi connectivity index (χ0) is 25.4. The number of halogens is 2. The molecule has 2 amide bonds. The van der Waals surface area contributed by atoms with Gasteiger partial charge in [0.1, 0.15) is 0 Å². The molecule has 186 valence electrons. The van der Waals surface area contributed by atoms with Crippen LogP contribution in [0, 0.1) is 0 Å². The maximum atomic E-state index is 13.2. The maximum Gasteiger partial charge on any atom is 0.586 e. The minimum atomic E-state index is -3.70. The summed E-state index contributed by atoms with van der Waals surface area (Å²) in [6, 6.07) is 5.68. The van der Waals surface area contributed by atoms with Gasteiger partial charge in [-0.2, -0.15) is 0 Å². The molecule has 2 aliphatic heterocycles. The SMILES string of the molecule is COc1nnc(C(=O)N2CCN(C(=O)/C=C/c3ccc4c(c3)OC(F)(F)O4)CC2)cc1C(C)(C)O. The van der Waals surface area contributed by atoms with Gasteiger partial charge in [-0.15, -0.1) is 19.0 Å². The number of methoxy groups -OCH3 is 1. The monoisotopic (exact) mass is 490 g/mol. The number of fused-ring (bicyclic) bond motifs is 1. The Morgan fingerprint density at radius 1 is 1.09 bits per heavy atom. The van der Waals surface area contributed by atoms with E-state index in [9.17, 15) is 23.5 Å². The van der Waals surface area contributed by atoms with Gasteiger partial charge < -0.3 is 29.1 Å². The Bertz CT molecular complexity index is 1170. The second-order valence-corrected chi connectivity index (χ2v) is 8.54. The topological polar surface area (TPSA) is 114 Å². The summed E-state index contributed by atoms with van der Waals surface area (Å²) in [6.45, 7) is 4.26. The molecule has 12 heteroatoms. The first-order valence-corrected chi connectivity index (χ1v) is 10.8. The molecular weight excluding hydrogens is 466 g/mol. The van der Waals surface area contributed by atoms with E-state index in [4.69, 9.17) is 4.74 Å². The van der Waals surface area contributed by atoms with E-state index in [0.717, 1.165) is 0 Å². The van der Waals surface area contributed by atoms with Crippen molar-refractivity contribution in [2.24, 2.45) is 0 Å². The molecule has 0 spiro atoms. The summed E-state index contributed by atoms with van der Waals surface area (Å²) in [5.41, 5.74) is -0.388. The Morgan fingerprint density at radius 3 is 2.40 bits per heavy atom. The zero-order valence-corrected chi connectivity index (χ0v) is 19.3. The molecule has 1 fully saturated rings. The Hall–Kier alpha value is -3.80. The first-order chi connectivity index (χ1) is 16.5. The summed E-state index contributed by atoms with van der Waals surface area (Å²) in [5.74, 6) is -0.701. The molecule has 4 rings (SSSR count). The van der Waals surface area contributed by atoms with Crippen LogP contribution in [-0.4, -0.2) is 76.5 Å². The molecule has 0 aliphatic carbocycles. The highest BCUT2D eigenvalue weighted by molar-refractivity contribution is 5.94. The predicted molar refractivity (Wildman–Crippen MR) is 118 cm³/mol. The Morgan fingerprint density at radius 2 is 1.74 bits per heavy atom. The van der Waals surface area contributed by atoms with Gasteiger partial charge in [-0.1, -0.05) is 6.07 Å². The Balaban J connectivity index is 1.36. The van der Waals surface area contributed by atoms with Crippen molar-refractivity contribution in [3.05, 3.63) is 47.2 Å². The molecule has 3 heterocycles. The first kappa shape index (κ1) is 24.3. The summed E-state index contributed by atoms with van der Waals surface area (Å²) < 4.78 is 40.2. The number of benzene rings is 1. The molecule has 2 aromatic rings.